The van der Waals surface area contributed by atoms with Gasteiger partial charge in [0.2, 0.25) is 11.8 Å². The lowest BCUT2D eigenvalue weighted by atomic mass is 9.85. The Morgan fingerprint density at radius 3 is 2.10 bits per heavy atom. The molecule has 29 heavy (non-hydrogen) atoms. The third-order valence-electron chi connectivity index (χ3n) is 6.75. The molecule has 0 aromatic heterocycles. The van der Waals surface area contributed by atoms with E-state index in [1.165, 1.54) is 4.90 Å². The van der Waals surface area contributed by atoms with E-state index in [4.69, 9.17) is 0 Å². The third kappa shape index (κ3) is 2.68. The van der Waals surface area contributed by atoms with Crippen molar-refractivity contribution in [2.45, 2.75) is 38.8 Å². The Labute approximate surface area is 170 Å². The van der Waals surface area contributed by atoms with Gasteiger partial charge in [-0.15, -0.1) is 0 Å². The van der Waals surface area contributed by atoms with Crippen LogP contribution in [-0.2, 0) is 9.59 Å². The smallest absolute Gasteiger partial charge is 0.239 e. The van der Waals surface area contributed by atoms with Crippen LogP contribution < -0.4 is 4.90 Å². The molecule has 0 radical (unpaired) electrons. The number of anilines is 1. The average molecular weight is 388 g/mol. The summed E-state index contributed by atoms with van der Waals surface area (Å²) in [6, 6.07) is 14.4. The fraction of sp³-hybridized carbons (Fsp3) is 0.375. The fourth-order valence-corrected chi connectivity index (χ4v) is 5.35. The lowest BCUT2D eigenvalue weighted by Gasteiger charge is -2.27. The molecule has 0 bridgehead atoms. The minimum atomic E-state index is -0.595. The van der Waals surface area contributed by atoms with Crippen molar-refractivity contribution in [3.05, 3.63) is 65.2 Å². The van der Waals surface area contributed by atoms with Crippen LogP contribution in [0, 0.1) is 25.7 Å². The van der Waals surface area contributed by atoms with E-state index in [2.05, 4.69) is 4.90 Å². The predicted octanol–water partition coefficient (Wildman–Crippen LogP) is 3.14. The van der Waals surface area contributed by atoms with Crippen LogP contribution in [0.25, 0.3) is 0 Å². The van der Waals surface area contributed by atoms with E-state index in [1.54, 1.807) is 0 Å². The summed E-state index contributed by atoms with van der Waals surface area (Å²) in [4.78, 5) is 43.7. The van der Waals surface area contributed by atoms with Gasteiger partial charge in [0.05, 0.1) is 23.6 Å². The van der Waals surface area contributed by atoms with E-state index in [0.29, 0.717) is 11.3 Å². The van der Waals surface area contributed by atoms with Gasteiger partial charge in [-0.25, -0.2) is 4.90 Å². The van der Waals surface area contributed by atoms with Crippen LogP contribution in [0.4, 0.5) is 5.69 Å². The van der Waals surface area contributed by atoms with Gasteiger partial charge in [0.25, 0.3) is 0 Å². The molecule has 3 heterocycles. The molecule has 0 saturated carbocycles. The molecule has 4 atom stereocenters. The molecule has 2 amide bonds. The molecule has 3 saturated heterocycles. The number of aryl methyl sites for hydroxylation is 2. The van der Waals surface area contributed by atoms with Crippen molar-refractivity contribution in [1.82, 2.24) is 4.90 Å². The molecule has 0 aliphatic carbocycles. The summed E-state index contributed by atoms with van der Waals surface area (Å²) >= 11 is 0. The number of fused-ring (bicyclic) bond motifs is 3. The maximum atomic E-state index is 13.5. The van der Waals surface area contributed by atoms with Crippen LogP contribution in [0.2, 0.25) is 0 Å². The minimum Gasteiger partial charge on any atom is -0.292 e. The normalized spacial score (nSPS) is 28.7. The Morgan fingerprint density at radius 2 is 1.45 bits per heavy atom. The number of hydrogen-bond acceptors (Lipinski definition) is 4. The van der Waals surface area contributed by atoms with Gasteiger partial charge in [-0.2, -0.15) is 0 Å². The van der Waals surface area contributed by atoms with Gasteiger partial charge in [0.1, 0.15) is 0 Å². The van der Waals surface area contributed by atoms with E-state index < -0.39 is 17.9 Å². The molecule has 2 aromatic rings. The Morgan fingerprint density at radius 1 is 0.862 bits per heavy atom. The zero-order valence-electron chi connectivity index (χ0n) is 16.7. The maximum Gasteiger partial charge on any atom is 0.239 e. The Kier molecular flexibility index (Phi) is 4.17. The van der Waals surface area contributed by atoms with Gasteiger partial charge in [-0.05, 0) is 45.4 Å². The Balaban J connectivity index is 1.54. The largest absolute Gasteiger partial charge is 0.292 e. The second-order valence-corrected chi connectivity index (χ2v) is 8.52. The summed E-state index contributed by atoms with van der Waals surface area (Å²) in [5.41, 5.74) is 3.37. The minimum absolute atomic E-state index is 0.0219. The number of hydrogen-bond donors (Lipinski definition) is 0. The fourth-order valence-electron chi connectivity index (χ4n) is 5.35. The highest BCUT2D eigenvalue weighted by Crippen LogP contribution is 2.48. The molecular formula is C24H24N2O3. The average Bonchev–Trinajstić information content (AvgIpc) is 3.35. The first-order chi connectivity index (χ1) is 14.0. The lowest BCUT2D eigenvalue weighted by molar-refractivity contribution is -0.123. The lowest BCUT2D eigenvalue weighted by Crippen LogP contribution is -2.46. The number of benzene rings is 2. The second kappa shape index (κ2) is 6.63. The topological polar surface area (TPSA) is 57.7 Å². The summed E-state index contributed by atoms with van der Waals surface area (Å²) in [7, 11) is 0. The zero-order valence-corrected chi connectivity index (χ0v) is 16.7. The number of Topliss-reactive ketones (excluding diaryl/α,β-unsaturated/α-hetero) is 1. The maximum absolute atomic E-state index is 13.5. The van der Waals surface area contributed by atoms with Crippen molar-refractivity contribution < 1.29 is 14.4 Å². The summed E-state index contributed by atoms with van der Waals surface area (Å²) < 4.78 is 0. The molecule has 3 aliphatic heterocycles. The van der Waals surface area contributed by atoms with Gasteiger partial charge in [0, 0.05) is 11.6 Å². The number of rotatable bonds is 3. The number of ketones is 1. The highest BCUT2D eigenvalue weighted by molar-refractivity contribution is 6.24. The second-order valence-electron chi connectivity index (χ2n) is 8.52. The Bertz CT molecular complexity index is 996. The number of carbonyl (C=O) groups excluding carboxylic acids is 3. The standard InChI is InChI=1S/C24H24N2O3/c1-14-5-9-16(10-6-14)22(27)21-20-19(18-4-3-13-25(18)21)23(28)26(24(20)29)17-11-7-15(2)8-12-17/h5-12,18-21H,3-4,13H2,1-2H3. The van der Waals surface area contributed by atoms with Crippen LogP contribution in [0.15, 0.2) is 48.5 Å². The summed E-state index contributed by atoms with van der Waals surface area (Å²) in [5, 5.41) is 0. The van der Waals surface area contributed by atoms with Crippen molar-refractivity contribution in [1.29, 1.82) is 0 Å². The molecular weight excluding hydrogens is 364 g/mol. The van der Waals surface area contributed by atoms with E-state index in [1.807, 2.05) is 62.4 Å². The summed E-state index contributed by atoms with van der Waals surface area (Å²) in [6.45, 7) is 4.72. The van der Waals surface area contributed by atoms with Crippen LogP contribution in [0.1, 0.15) is 34.3 Å². The zero-order chi connectivity index (χ0) is 20.3. The molecule has 4 unspecified atom stereocenters. The molecule has 5 rings (SSSR count). The summed E-state index contributed by atoms with van der Waals surface area (Å²) in [6.07, 6.45) is 1.82. The first-order valence-corrected chi connectivity index (χ1v) is 10.3. The van der Waals surface area contributed by atoms with E-state index in [9.17, 15) is 14.4 Å². The van der Waals surface area contributed by atoms with Crippen molar-refractivity contribution in [2.24, 2.45) is 11.8 Å². The molecule has 148 valence electrons. The first-order valence-electron chi connectivity index (χ1n) is 10.3. The number of amides is 2. The van der Waals surface area contributed by atoms with E-state index >= 15 is 0 Å². The molecule has 2 aromatic carbocycles. The Hall–Kier alpha value is -2.79. The predicted molar refractivity (Wildman–Crippen MR) is 110 cm³/mol. The SMILES string of the molecule is Cc1ccc(C(=O)C2C3C(=O)N(c4ccc(C)cc4)C(=O)C3C3CCCN32)cc1. The molecule has 0 N–H and O–H groups in total. The van der Waals surface area contributed by atoms with Crippen molar-refractivity contribution >= 4 is 23.3 Å². The quantitative estimate of drug-likeness (QED) is 0.599. The molecule has 5 heteroatoms. The van der Waals surface area contributed by atoms with E-state index in [0.717, 1.165) is 30.5 Å². The molecule has 0 spiro atoms. The third-order valence-corrected chi connectivity index (χ3v) is 6.75. The van der Waals surface area contributed by atoms with Gasteiger partial charge < -0.3 is 0 Å². The van der Waals surface area contributed by atoms with Crippen molar-refractivity contribution in [3.8, 4) is 0 Å². The molecule has 3 fully saturated rings. The van der Waals surface area contributed by atoms with Crippen LogP contribution in [0.3, 0.4) is 0 Å². The monoisotopic (exact) mass is 388 g/mol. The molecule has 3 aliphatic rings. The van der Waals surface area contributed by atoms with E-state index in [-0.39, 0.29) is 23.6 Å². The first kappa shape index (κ1) is 18.3. The summed E-state index contributed by atoms with van der Waals surface area (Å²) in [5.74, 6) is -1.45. The van der Waals surface area contributed by atoms with Gasteiger partial charge in [-0.3, -0.25) is 19.3 Å². The van der Waals surface area contributed by atoms with Gasteiger partial charge in [0.15, 0.2) is 5.78 Å². The number of imide groups is 1. The van der Waals surface area contributed by atoms with Gasteiger partial charge in [-0.1, -0.05) is 47.5 Å². The van der Waals surface area contributed by atoms with Gasteiger partial charge >= 0.3 is 0 Å². The highest BCUT2D eigenvalue weighted by Gasteiger charge is 2.64. The number of carbonyl (C=O) groups is 3. The van der Waals surface area contributed by atoms with Crippen molar-refractivity contribution in [2.75, 3.05) is 11.4 Å². The highest BCUT2D eigenvalue weighted by atomic mass is 16.2. The van der Waals surface area contributed by atoms with Crippen LogP contribution >= 0.6 is 0 Å². The van der Waals surface area contributed by atoms with Crippen molar-refractivity contribution in [3.63, 3.8) is 0 Å². The van der Waals surface area contributed by atoms with Crippen LogP contribution in [-0.4, -0.2) is 41.1 Å². The van der Waals surface area contributed by atoms with Crippen LogP contribution in [0.5, 0.6) is 0 Å². The number of nitrogens with zero attached hydrogens (tertiary/aromatic N) is 2. The molecule has 5 nitrogen and oxygen atoms in total.